The first-order valence-electron chi connectivity index (χ1n) is 9.00. The van der Waals surface area contributed by atoms with E-state index in [1.807, 2.05) is 38.1 Å². The minimum absolute atomic E-state index is 0.00656. The van der Waals surface area contributed by atoms with Gasteiger partial charge in [-0.2, -0.15) is 0 Å². The molecule has 4 nitrogen and oxygen atoms in total. The number of rotatable bonds is 6. The first-order chi connectivity index (χ1) is 11.4. The van der Waals surface area contributed by atoms with Gasteiger partial charge in [0.2, 0.25) is 5.91 Å². The highest BCUT2D eigenvalue weighted by molar-refractivity contribution is 6.74. The van der Waals surface area contributed by atoms with Crippen LogP contribution in [0.4, 0.5) is 0 Å². The van der Waals surface area contributed by atoms with Crippen molar-refractivity contribution in [2.75, 3.05) is 0 Å². The van der Waals surface area contributed by atoms with Crippen LogP contribution in [0.5, 0.6) is 0 Å². The highest BCUT2D eigenvalue weighted by Crippen LogP contribution is 2.39. The first-order valence-corrected chi connectivity index (χ1v) is 11.9. The molecule has 0 spiro atoms. The summed E-state index contributed by atoms with van der Waals surface area (Å²) in [5.41, 5.74) is 1.83. The number of β-lactam (4-membered cyclic amide) rings is 1. The minimum Gasteiger partial charge on any atom is -0.413 e. The van der Waals surface area contributed by atoms with Gasteiger partial charge >= 0.3 is 0 Å². The van der Waals surface area contributed by atoms with Gasteiger partial charge < -0.3 is 9.74 Å². The van der Waals surface area contributed by atoms with Crippen molar-refractivity contribution in [2.45, 2.75) is 71.3 Å². The molecule has 1 aliphatic heterocycles. The van der Waals surface area contributed by atoms with E-state index in [1.165, 1.54) is 0 Å². The van der Waals surface area contributed by atoms with Crippen molar-refractivity contribution in [1.29, 1.82) is 0 Å². The fourth-order valence-electron chi connectivity index (χ4n) is 2.95. The van der Waals surface area contributed by atoms with Crippen LogP contribution in [0.1, 0.15) is 50.0 Å². The zero-order valence-electron chi connectivity index (χ0n) is 16.5. The van der Waals surface area contributed by atoms with Crippen molar-refractivity contribution >= 4 is 20.0 Å². The highest BCUT2D eigenvalue weighted by Gasteiger charge is 2.47. The molecule has 0 aromatic heterocycles. The standard InChI is InChI=1S/C20H31NO3Si/c1-13-8-10-15(11-9-13)17(22)12-16-18(19(23)21-16)14(2)24-25(6,7)20(3,4)5/h8-11,14,16,18H,12H2,1-7H3,(H,21,23)/t14?,16-,18-/m1/s1. The number of aryl methyl sites for hydroxylation is 1. The van der Waals surface area contributed by atoms with Crippen LogP contribution in [-0.2, 0) is 9.22 Å². The number of benzene rings is 1. The fourth-order valence-corrected chi connectivity index (χ4v) is 4.38. The molecule has 1 aliphatic rings. The Balaban J connectivity index is 2.02. The lowest BCUT2D eigenvalue weighted by Crippen LogP contribution is -2.64. The van der Waals surface area contributed by atoms with Gasteiger partial charge in [0.25, 0.3) is 0 Å². The quantitative estimate of drug-likeness (QED) is 0.472. The summed E-state index contributed by atoms with van der Waals surface area (Å²) < 4.78 is 6.38. The Kier molecular flexibility index (Phi) is 5.59. The van der Waals surface area contributed by atoms with Crippen molar-refractivity contribution in [3.8, 4) is 0 Å². The molecule has 5 heteroatoms. The van der Waals surface area contributed by atoms with Gasteiger partial charge in [-0.15, -0.1) is 0 Å². The summed E-state index contributed by atoms with van der Waals surface area (Å²) in [4.78, 5) is 24.6. The maximum atomic E-state index is 12.5. The van der Waals surface area contributed by atoms with Crippen molar-refractivity contribution in [2.24, 2.45) is 5.92 Å². The summed E-state index contributed by atoms with van der Waals surface area (Å²) in [6.45, 7) is 14.9. The number of hydrogen-bond donors (Lipinski definition) is 1. The Morgan fingerprint density at radius 1 is 1.24 bits per heavy atom. The van der Waals surface area contributed by atoms with Crippen LogP contribution in [0.2, 0.25) is 18.1 Å². The molecule has 0 radical (unpaired) electrons. The number of ketones is 1. The highest BCUT2D eigenvalue weighted by atomic mass is 28.4. The van der Waals surface area contributed by atoms with Crippen LogP contribution in [0.15, 0.2) is 24.3 Å². The second-order valence-electron chi connectivity index (χ2n) is 8.72. The van der Waals surface area contributed by atoms with E-state index in [9.17, 15) is 9.59 Å². The van der Waals surface area contributed by atoms with Gasteiger partial charge in [-0.3, -0.25) is 9.59 Å². The lowest BCUT2D eigenvalue weighted by atomic mass is 9.82. The summed E-state index contributed by atoms with van der Waals surface area (Å²) in [6, 6.07) is 7.44. The predicted octanol–water partition coefficient (Wildman–Crippen LogP) is 4.09. The summed E-state index contributed by atoms with van der Waals surface area (Å²) >= 11 is 0. The van der Waals surface area contributed by atoms with Crippen molar-refractivity contribution in [1.82, 2.24) is 5.32 Å². The first kappa shape index (κ1) is 19.9. The van der Waals surface area contributed by atoms with Crippen molar-refractivity contribution in [3.05, 3.63) is 35.4 Å². The minimum atomic E-state index is -1.95. The van der Waals surface area contributed by atoms with Gasteiger partial charge in [-0.1, -0.05) is 50.6 Å². The SMILES string of the molecule is Cc1ccc(C(=O)C[C@H]2NC(=O)[C@@H]2C(C)O[Si](C)(C)C(C)(C)C)cc1. The summed E-state index contributed by atoms with van der Waals surface area (Å²) in [5, 5.41) is 2.98. The van der Waals surface area contributed by atoms with E-state index in [1.54, 1.807) is 0 Å². The van der Waals surface area contributed by atoms with E-state index >= 15 is 0 Å². The number of amides is 1. The van der Waals surface area contributed by atoms with Crippen LogP contribution in [0, 0.1) is 12.8 Å². The van der Waals surface area contributed by atoms with Crippen LogP contribution < -0.4 is 5.32 Å². The molecule has 1 amide bonds. The van der Waals surface area contributed by atoms with Crippen LogP contribution in [0.3, 0.4) is 0 Å². The van der Waals surface area contributed by atoms with Crippen LogP contribution in [-0.4, -0.2) is 32.2 Å². The predicted molar refractivity (Wildman–Crippen MR) is 103 cm³/mol. The lowest BCUT2D eigenvalue weighted by Gasteiger charge is -2.45. The second-order valence-corrected chi connectivity index (χ2v) is 13.5. The molecular weight excluding hydrogens is 330 g/mol. The Hall–Kier alpha value is -1.46. The molecular formula is C20H31NO3Si. The number of hydrogen-bond acceptors (Lipinski definition) is 3. The normalized spacial score (nSPS) is 22.1. The third-order valence-corrected chi connectivity index (χ3v) is 10.2. The third-order valence-electron chi connectivity index (χ3n) is 5.64. The molecule has 1 fully saturated rings. The maximum absolute atomic E-state index is 12.5. The van der Waals surface area contributed by atoms with E-state index in [0.29, 0.717) is 12.0 Å². The average molecular weight is 362 g/mol. The Labute approximate surface area is 152 Å². The monoisotopic (exact) mass is 361 g/mol. The number of Topliss-reactive ketones (excluding diaryl/α,β-unsaturated/α-hetero) is 1. The Morgan fingerprint density at radius 2 is 1.80 bits per heavy atom. The van der Waals surface area contributed by atoms with E-state index in [-0.39, 0.29) is 34.8 Å². The molecule has 0 aliphatic carbocycles. The van der Waals surface area contributed by atoms with Gasteiger partial charge in [0, 0.05) is 12.0 Å². The average Bonchev–Trinajstić information content (AvgIpc) is 2.45. The smallest absolute Gasteiger partial charge is 0.228 e. The lowest BCUT2D eigenvalue weighted by molar-refractivity contribution is -0.139. The van der Waals surface area contributed by atoms with E-state index in [0.717, 1.165) is 5.56 Å². The summed E-state index contributed by atoms with van der Waals surface area (Å²) in [5.74, 6) is -0.189. The molecule has 2 rings (SSSR count). The molecule has 1 aromatic rings. The maximum Gasteiger partial charge on any atom is 0.228 e. The zero-order chi connectivity index (χ0) is 19.0. The fraction of sp³-hybridized carbons (Fsp3) is 0.600. The van der Waals surface area contributed by atoms with Crippen molar-refractivity contribution < 1.29 is 14.0 Å². The topological polar surface area (TPSA) is 55.4 Å². The number of nitrogens with one attached hydrogen (secondary N) is 1. The molecule has 1 N–H and O–H groups in total. The molecule has 0 bridgehead atoms. The molecule has 0 saturated carbocycles. The van der Waals surface area contributed by atoms with Gasteiger partial charge in [0.1, 0.15) is 0 Å². The molecule has 1 unspecified atom stereocenters. The van der Waals surface area contributed by atoms with Gasteiger partial charge in [0.15, 0.2) is 14.1 Å². The van der Waals surface area contributed by atoms with Crippen LogP contribution in [0.25, 0.3) is 0 Å². The molecule has 1 heterocycles. The Bertz CT molecular complexity index is 646. The Morgan fingerprint density at radius 3 is 2.28 bits per heavy atom. The molecule has 1 saturated heterocycles. The molecule has 25 heavy (non-hydrogen) atoms. The van der Waals surface area contributed by atoms with E-state index < -0.39 is 8.32 Å². The third kappa shape index (κ3) is 4.39. The molecule has 3 atom stereocenters. The van der Waals surface area contributed by atoms with E-state index in [4.69, 9.17) is 4.43 Å². The summed E-state index contributed by atoms with van der Waals surface area (Å²) in [6.07, 6.45) is 0.149. The zero-order valence-corrected chi connectivity index (χ0v) is 17.5. The van der Waals surface area contributed by atoms with Gasteiger partial charge in [0.05, 0.1) is 18.1 Å². The molecule has 138 valence electrons. The largest absolute Gasteiger partial charge is 0.413 e. The van der Waals surface area contributed by atoms with Crippen molar-refractivity contribution in [3.63, 3.8) is 0 Å². The van der Waals surface area contributed by atoms with Crippen LogP contribution >= 0.6 is 0 Å². The summed E-state index contributed by atoms with van der Waals surface area (Å²) in [7, 11) is -1.95. The van der Waals surface area contributed by atoms with E-state index in [2.05, 4.69) is 39.2 Å². The van der Waals surface area contributed by atoms with Gasteiger partial charge in [-0.05, 0) is 32.0 Å². The number of carbonyl (C=O) groups is 2. The second kappa shape index (κ2) is 7.04. The van der Waals surface area contributed by atoms with Gasteiger partial charge in [-0.25, -0.2) is 0 Å². The number of carbonyl (C=O) groups excluding carboxylic acids is 2. The molecule has 1 aromatic carbocycles.